The maximum Gasteiger partial charge on any atom is 0.165 e. The van der Waals surface area contributed by atoms with Crippen LogP contribution >= 0.6 is 0 Å². The summed E-state index contributed by atoms with van der Waals surface area (Å²) in [6.07, 6.45) is 0. The van der Waals surface area contributed by atoms with Crippen molar-refractivity contribution in [1.29, 1.82) is 0 Å². The first kappa shape index (κ1) is 21.5. The van der Waals surface area contributed by atoms with Gasteiger partial charge in [-0.15, -0.1) is 0 Å². The molecule has 0 aliphatic heterocycles. The Labute approximate surface area is 228 Å². The van der Waals surface area contributed by atoms with Crippen LogP contribution in [-0.2, 0) is 0 Å². The van der Waals surface area contributed by atoms with Crippen molar-refractivity contribution in [2.45, 2.75) is 0 Å². The molecule has 4 heteroatoms. The maximum absolute atomic E-state index is 6.24. The topological polar surface area (TPSA) is 43.9 Å². The highest BCUT2D eigenvalue weighted by atomic mass is 16.3. The highest BCUT2D eigenvalue weighted by Crippen LogP contribution is 2.42. The van der Waals surface area contributed by atoms with Gasteiger partial charge in [0.25, 0.3) is 0 Å². The molecule has 0 saturated heterocycles. The van der Waals surface area contributed by atoms with E-state index >= 15 is 0 Å². The number of hydrogen-bond donors (Lipinski definition) is 0. The first-order chi connectivity index (χ1) is 19.8. The van der Waals surface area contributed by atoms with Crippen LogP contribution in [0.4, 0.5) is 0 Å². The van der Waals surface area contributed by atoms with Gasteiger partial charge in [-0.3, -0.25) is 4.57 Å². The molecule has 0 atom stereocenters. The van der Waals surface area contributed by atoms with Crippen molar-refractivity contribution < 1.29 is 4.42 Å². The lowest BCUT2D eigenvalue weighted by atomic mass is 10.0. The number of hydrogen-bond acceptors (Lipinski definition) is 3. The zero-order chi connectivity index (χ0) is 26.2. The summed E-state index contributed by atoms with van der Waals surface area (Å²) in [5.41, 5.74) is 7.65. The Balaban J connectivity index is 1.51. The third kappa shape index (κ3) is 2.90. The zero-order valence-electron chi connectivity index (χ0n) is 21.4. The largest absolute Gasteiger partial charge is 0.456 e. The van der Waals surface area contributed by atoms with E-state index in [-0.39, 0.29) is 0 Å². The van der Waals surface area contributed by atoms with Gasteiger partial charge in [0.15, 0.2) is 5.82 Å². The lowest BCUT2D eigenvalue weighted by Crippen LogP contribution is -2.04. The molecule has 0 spiro atoms. The van der Waals surface area contributed by atoms with Gasteiger partial charge in [0.05, 0.1) is 22.1 Å². The molecule has 186 valence electrons. The summed E-state index contributed by atoms with van der Waals surface area (Å²) in [4.78, 5) is 10.5. The first-order valence-electron chi connectivity index (χ1n) is 13.4. The third-order valence-corrected chi connectivity index (χ3v) is 7.98. The normalized spacial score (nSPS) is 12.0. The molecule has 0 unspecified atom stereocenters. The Morgan fingerprint density at radius 3 is 2.00 bits per heavy atom. The van der Waals surface area contributed by atoms with E-state index in [4.69, 9.17) is 14.4 Å². The number of furan rings is 1. The lowest BCUT2D eigenvalue weighted by molar-refractivity contribution is 0.669. The Morgan fingerprint density at radius 1 is 0.475 bits per heavy atom. The highest BCUT2D eigenvalue weighted by Gasteiger charge is 2.21. The van der Waals surface area contributed by atoms with Crippen molar-refractivity contribution in [1.82, 2.24) is 14.5 Å². The monoisotopic (exact) mass is 511 g/mol. The van der Waals surface area contributed by atoms with Crippen LogP contribution in [0.2, 0.25) is 0 Å². The summed E-state index contributed by atoms with van der Waals surface area (Å²) >= 11 is 0. The van der Waals surface area contributed by atoms with Crippen LogP contribution in [0, 0.1) is 0 Å². The molecule has 3 aromatic heterocycles. The minimum absolute atomic E-state index is 0.820. The number of nitrogens with zero attached hydrogens (tertiary/aromatic N) is 3. The summed E-state index contributed by atoms with van der Waals surface area (Å²) < 4.78 is 8.55. The quantitative estimate of drug-likeness (QED) is 0.232. The van der Waals surface area contributed by atoms with Gasteiger partial charge in [-0.25, -0.2) is 9.97 Å². The van der Waals surface area contributed by atoms with Crippen LogP contribution in [-0.4, -0.2) is 14.5 Å². The van der Waals surface area contributed by atoms with Gasteiger partial charge in [0.2, 0.25) is 0 Å². The SMILES string of the molecule is c1ccc(-c2nc3ccccc3nc2-n2c3ccccc3c3ccc4c(ccc5oc6ccccc6c54)c32)cc1. The summed E-state index contributed by atoms with van der Waals surface area (Å²) in [5, 5.41) is 6.95. The molecule has 9 rings (SSSR count). The molecule has 0 bridgehead atoms. The second-order valence-electron chi connectivity index (χ2n) is 10.2. The van der Waals surface area contributed by atoms with Crippen LogP contribution in [0.1, 0.15) is 0 Å². The number of benzene rings is 6. The highest BCUT2D eigenvalue weighted by molar-refractivity contribution is 6.26. The summed E-state index contributed by atoms with van der Waals surface area (Å²) in [6.45, 7) is 0. The fourth-order valence-corrected chi connectivity index (χ4v) is 6.24. The molecule has 0 fully saturated rings. The zero-order valence-corrected chi connectivity index (χ0v) is 21.4. The number of rotatable bonds is 2. The van der Waals surface area contributed by atoms with Crippen LogP contribution in [0.25, 0.3) is 82.6 Å². The van der Waals surface area contributed by atoms with Crippen LogP contribution in [0.5, 0.6) is 0 Å². The number of aromatic nitrogens is 3. The molecular formula is C36H21N3O. The molecule has 0 aliphatic carbocycles. The van der Waals surface area contributed by atoms with E-state index in [2.05, 4.69) is 89.5 Å². The summed E-state index contributed by atoms with van der Waals surface area (Å²) in [5.74, 6) is 0.820. The van der Waals surface area contributed by atoms with Crippen molar-refractivity contribution in [3.63, 3.8) is 0 Å². The van der Waals surface area contributed by atoms with Gasteiger partial charge in [-0.2, -0.15) is 0 Å². The number of para-hydroxylation sites is 4. The molecule has 3 heterocycles. The predicted molar refractivity (Wildman–Crippen MR) is 164 cm³/mol. The molecule has 0 N–H and O–H groups in total. The van der Waals surface area contributed by atoms with E-state index in [1.165, 1.54) is 10.8 Å². The molecule has 40 heavy (non-hydrogen) atoms. The van der Waals surface area contributed by atoms with E-state index in [0.717, 1.165) is 71.9 Å². The molecule has 0 amide bonds. The van der Waals surface area contributed by atoms with Crippen molar-refractivity contribution in [2.75, 3.05) is 0 Å². The average molecular weight is 512 g/mol. The van der Waals surface area contributed by atoms with Crippen molar-refractivity contribution in [3.05, 3.63) is 127 Å². The van der Waals surface area contributed by atoms with Gasteiger partial charge in [-0.05, 0) is 41.8 Å². The van der Waals surface area contributed by atoms with Gasteiger partial charge in [0.1, 0.15) is 16.9 Å². The maximum atomic E-state index is 6.24. The van der Waals surface area contributed by atoms with Gasteiger partial charge >= 0.3 is 0 Å². The molecular weight excluding hydrogens is 490 g/mol. The van der Waals surface area contributed by atoms with Crippen LogP contribution in [0.3, 0.4) is 0 Å². The van der Waals surface area contributed by atoms with E-state index in [1.54, 1.807) is 0 Å². The minimum Gasteiger partial charge on any atom is -0.456 e. The number of fused-ring (bicyclic) bond motifs is 10. The van der Waals surface area contributed by atoms with Crippen molar-refractivity contribution >= 4 is 65.6 Å². The minimum atomic E-state index is 0.820. The Hall–Kier alpha value is -5.48. The summed E-state index contributed by atoms with van der Waals surface area (Å²) in [6, 6.07) is 44.1. The first-order valence-corrected chi connectivity index (χ1v) is 13.4. The average Bonchev–Trinajstić information content (AvgIpc) is 3.57. The van der Waals surface area contributed by atoms with E-state index in [1.807, 2.05) is 42.5 Å². The van der Waals surface area contributed by atoms with Gasteiger partial charge in [-0.1, -0.05) is 91.0 Å². The molecule has 6 aromatic carbocycles. The molecule has 0 radical (unpaired) electrons. The Bertz CT molecular complexity index is 2430. The summed E-state index contributed by atoms with van der Waals surface area (Å²) in [7, 11) is 0. The molecule has 9 aromatic rings. The van der Waals surface area contributed by atoms with E-state index < -0.39 is 0 Å². The van der Waals surface area contributed by atoms with Crippen molar-refractivity contribution in [3.8, 4) is 17.1 Å². The molecule has 0 saturated carbocycles. The third-order valence-electron chi connectivity index (χ3n) is 7.98. The second-order valence-corrected chi connectivity index (χ2v) is 10.2. The fraction of sp³-hybridized carbons (Fsp3) is 0. The van der Waals surface area contributed by atoms with Gasteiger partial charge in [0, 0.05) is 32.5 Å². The Morgan fingerprint density at radius 2 is 1.12 bits per heavy atom. The van der Waals surface area contributed by atoms with E-state index in [9.17, 15) is 0 Å². The Kier molecular flexibility index (Phi) is 4.30. The van der Waals surface area contributed by atoms with Crippen LogP contribution < -0.4 is 0 Å². The lowest BCUT2D eigenvalue weighted by Gasteiger charge is -2.14. The van der Waals surface area contributed by atoms with E-state index in [0.29, 0.717) is 0 Å². The standard InChI is InChI=1S/C36H21N3O/c1-2-10-22(11-3-1)34-36(38-29-15-7-6-14-28(29)37-34)39-30-16-8-4-12-23(30)25-19-18-24-26(35(25)39)20-21-32-33(24)27-13-5-9-17-31(27)40-32/h1-21H. The second kappa shape index (κ2) is 8.01. The van der Waals surface area contributed by atoms with Gasteiger partial charge < -0.3 is 4.42 Å². The predicted octanol–water partition coefficient (Wildman–Crippen LogP) is 9.45. The molecule has 0 aliphatic rings. The molecule has 4 nitrogen and oxygen atoms in total. The van der Waals surface area contributed by atoms with Crippen molar-refractivity contribution in [2.24, 2.45) is 0 Å². The van der Waals surface area contributed by atoms with Crippen LogP contribution in [0.15, 0.2) is 132 Å². The smallest absolute Gasteiger partial charge is 0.165 e. The fourth-order valence-electron chi connectivity index (χ4n) is 6.24.